The third-order valence-corrected chi connectivity index (χ3v) is 3.06. The summed E-state index contributed by atoms with van der Waals surface area (Å²) in [6, 6.07) is 2.00. The summed E-state index contributed by atoms with van der Waals surface area (Å²) in [7, 11) is 0. The van der Waals surface area contributed by atoms with Crippen LogP contribution in [-0.4, -0.2) is 4.98 Å². The summed E-state index contributed by atoms with van der Waals surface area (Å²) in [4.78, 5) is 4.43. The van der Waals surface area contributed by atoms with E-state index >= 15 is 0 Å². The first-order valence-electron chi connectivity index (χ1n) is 3.80. The number of aryl methyl sites for hydroxylation is 1. The highest BCUT2D eigenvalue weighted by molar-refractivity contribution is 7.17. The molecular weight excluding hydrogens is 168 g/mol. The van der Waals surface area contributed by atoms with Crippen molar-refractivity contribution in [2.24, 2.45) is 0 Å². The maximum Gasteiger partial charge on any atom is 0.0834 e. The largest absolute Gasteiger partial charge is 0.397 e. The van der Waals surface area contributed by atoms with Crippen molar-refractivity contribution in [3.8, 4) is 0 Å². The lowest BCUT2D eigenvalue weighted by atomic mass is 10.2. The molecule has 0 amide bonds. The predicted molar refractivity (Wildman–Crippen MR) is 53.5 cm³/mol. The van der Waals surface area contributed by atoms with Crippen molar-refractivity contribution < 1.29 is 0 Å². The van der Waals surface area contributed by atoms with Gasteiger partial charge in [0.2, 0.25) is 0 Å². The third-order valence-electron chi connectivity index (χ3n) is 2.12. The summed E-state index contributed by atoms with van der Waals surface area (Å²) < 4.78 is 1.11. The Morgan fingerprint density at radius 2 is 2.17 bits per heavy atom. The van der Waals surface area contributed by atoms with E-state index in [0.29, 0.717) is 0 Å². The Kier molecular flexibility index (Phi) is 1.54. The normalized spacial score (nSPS) is 10.8. The van der Waals surface area contributed by atoms with Crippen molar-refractivity contribution in [1.29, 1.82) is 0 Å². The van der Waals surface area contributed by atoms with Crippen LogP contribution in [0.4, 0.5) is 5.69 Å². The van der Waals surface area contributed by atoms with Gasteiger partial charge in [0.1, 0.15) is 0 Å². The molecule has 3 heteroatoms. The zero-order chi connectivity index (χ0) is 8.72. The molecule has 0 atom stereocenters. The van der Waals surface area contributed by atoms with E-state index in [1.54, 1.807) is 11.3 Å². The maximum absolute atomic E-state index is 5.93. The second-order valence-electron chi connectivity index (χ2n) is 2.87. The topological polar surface area (TPSA) is 38.9 Å². The molecule has 0 bridgehead atoms. The number of hydrogen-bond acceptors (Lipinski definition) is 3. The quantitative estimate of drug-likeness (QED) is 0.673. The molecular formula is C9H10N2S. The molecule has 0 aliphatic carbocycles. The fourth-order valence-corrected chi connectivity index (χ4v) is 2.07. The van der Waals surface area contributed by atoms with Gasteiger partial charge in [-0.3, -0.25) is 4.98 Å². The molecule has 2 heterocycles. The minimum absolute atomic E-state index is 0.882. The first-order valence-corrected chi connectivity index (χ1v) is 4.68. The Bertz CT molecular complexity index is 431. The fraction of sp³-hybridized carbons (Fsp3) is 0.222. The van der Waals surface area contributed by atoms with Crippen LogP contribution in [0.5, 0.6) is 0 Å². The van der Waals surface area contributed by atoms with Crippen molar-refractivity contribution in [2.75, 3.05) is 5.73 Å². The van der Waals surface area contributed by atoms with Crippen molar-refractivity contribution in [3.63, 3.8) is 0 Å². The summed E-state index contributed by atoms with van der Waals surface area (Å²) in [5.41, 5.74) is 9.96. The van der Waals surface area contributed by atoms with Crippen LogP contribution in [0.1, 0.15) is 11.3 Å². The standard InChI is InChI=1S/C9H10N2S/c1-5-6(2)11-7-3-4-12-9(7)8(5)10/h3-4H,1-2H3,(H2,10,11). The minimum atomic E-state index is 0.882. The number of nitrogens with two attached hydrogens (primary N) is 1. The van der Waals surface area contributed by atoms with E-state index in [1.165, 1.54) is 0 Å². The molecule has 12 heavy (non-hydrogen) atoms. The van der Waals surface area contributed by atoms with Gasteiger partial charge in [-0.2, -0.15) is 0 Å². The van der Waals surface area contributed by atoms with E-state index in [0.717, 1.165) is 27.2 Å². The molecule has 0 saturated heterocycles. The van der Waals surface area contributed by atoms with Gasteiger partial charge in [-0.05, 0) is 30.9 Å². The van der Waals surface area contributed by atoms with Crippen LogP contribution < -0.4 is 5.73 Å². The molecule has 62 valence electrons. The molecule has 0 radical (unpaired) electrons. The number of anilines is 1. The number of nitrogen functional groups attached to an aromatic ring is 1. The molecule has 2 N–H and O–H groups in total. The predicted octanol–water partition coefficient (Wildman–Crippen LogP) is 2.50. The van der Waals surface area contributed by atoms with Gasteiger partial charge < -0.3 is 5.73 Å². The number of fused-ring (bicyclic) bond motifs is 1. The molecule has 0 aliphatic heterocycles. The molecule has 2 aromatic rings. The van der Waals surface area contributed by atoms with Gasteiger partial charge in [-0.25, -0.2) is 0 Å². The van der Waals surface area contributed by atoms with E-state index in [-0.39, 0.29) is 0 Å². The molecule has 0 spiro atoms. The average Bonchev–Trinajstić information content (AvgIpc) is 2.48. The van der Waals surface area contributed by atoms with Gasteiger partial charge in [0.15, 0.2) is 0 Å². The number of nitrogens with zero attached hydrogens (tertiary/aromatic N) is 1. The monoisotopic (exact) mass is 178 g/mol. The summed E-state index contributed by atoms with van der Waals surface area (Å²) in [6.07, 6.45) is 0. The molecule has 0 unspecified atom stereocenters. The molecule has 0 saturated carbocycles. The zero-order valence-electron chi connectivity index (χ0n) is 7.09. The van der Waals surface area contributed by atoms with Crippen LogP contribution in [0.3, 0.4) is 0 Å². The highest BCUT2D eigenvalue weighted by atomic mass is 32.1. The Morgan fingerprint density at radius 1 is 1.42 bits per heavy atom. The summed E-state index contributed by atoms with van der Waals surface area (Å²) in [6.45, 7) is 4.00. The van der Waals surface area contributed by atoms with E-state index < -0.39 is 0 Å². The van der Waals surface area contributed by atoms with Gasteiger partial charge >= 0.3 is 0 Å². The number of aromatic nitrogens is 1. The molecule has 0 fully saturated rings. The Balaban J connectivity index is 2.94. The van der Waals surface area contributed by atoms with Gasteiger partial charge in [-0.1, -0.05) is 0 Å². The Hall–Kier alpha value is -1.09. The highest BCUT2D eigenvalue weighted by Gasteiger charge is 2.06. The average molecular weight is 178 g/mol. The second kappa shape index (κ2) is 2.45. The molecule has 2 aromatic heterocycles. The molecule has 0 aromatic carbocycles. The van der Waals surface area contributed by atoms with Crippen LogP contribution in [0.25, 0.3) is 10.2 Å². The van der Waals surface area contributed by atoms with Crippen LogP contribution in [-0.2, 0) is 0 Å². The van der Waals surface area contributed by atoms with Crippen molar-refractivity contribution in [1.82, 2.24) is 4.98 Å². The lowest BCUT2D eigenvalue weighted by Gasteiger charge is -2.03. The number of pyridine rings is 1. The molecule has 2 rings (SSSR count). The Morgan fingerprint density at radius 3 is 2.92 bits per heavy atom. The third kappa shape index (κ3) is 0.898. The van der Waals surface area contributed by atoms with Gasteiger partial charge in [-0.15, -0.1) is 11.3 Å². The first-order chi connectivity index (χ1) is 5.70. The lowest BCUT2D eigenvalue weighted by molar-refractivity contribution is 1.20. The van der Waals surface area contributed by atoms with E-state index in [4.69, 9.17) is 5.73 Å². The second-order valence-corrected chi connectivity index (χ2v) is 3.79. The van der Waals surface area contributed by atoms with E-state index in [9.17, 15) is 0 Å². The van der Waals surface area contributed by atoms with E-state index in [2.05, 4.69) is 4.98 Å². The zero-order valence-corrected chi connectivity index (χ0v) is 7.90. The van der Waals surface area contributed by atoms with Crippen molar-refractivity contribution >= 4 is 27.2 Å². The van der Waals surface area contributed by atoms with Crippen LogP contribution >= 0.6 is 11.3 Å². The first kappa shape index (κ1) is 7.55. The molecule has 0 aliphatic rings. The van der Waals surface area contributed by atoms with Crippen LogP contribution in [0.2, 0.25) is 0 Å². The number of thiophene rings is 1. The molecule has 2 nitrogen and oxygen atoms in total. The van der Waals surface area contributed by atoms with Crippen LogP contribution in [0, 0.1) is 13.8 Å². The smallest absolute Gasteiger partial charge is 0.0834 e. The number of rotatable bonds is 0. The van der Waals surface area contributed by atoms with Gasteiger partial charge in [0.05, 0.1) is 15.9 Å². The van der Waals surface area contributed by atoms with Gasteiger partial charge in [0, 0.05) is 5.69 Å². The SMILES string of the molecule is Cc1nc2ccsc2c(N)c1C. The van der Waals surface area contributed by atoms with Gasteiger partial charge in [0.25, 0.3) is 0 Å². The Labute approximate surface area is 75.0 Å². The summed E-state index contributed by atoms with van der Waals surface area (Å²) in [5, 5.41) is 2.02. The van der Waals surface area contributed by atoms with Crippen molar-refractivity contribution in [3.05, 3.63) is 22.7 Å². The lowest BCUT2D eigenvalue weighted by Crippen LogP contribution is -1.94. The minimum Gasteiger partial charge on any atom is -0.397 e. The highest BCUT2D eigenvalue weighted by Crippen LogP contribution is 2.28. The summed E-state index contributed by atoms with van der Waals surface area (Å²) in [5.74, 6) is 0. The van der Waals surface area contributed by atoms with Crippen LogP contribution in [0.15, 0.2) is 11.4 Å². The number of hydrogen-bond donors (Lipinski definition) is 1. The summed E-state index contributed by atoms with van der Waals surface area (Å²) >= 11 is 1.65. The fourth-order valence-electron chi connectivity index (χ4n) is 1.22. The van der Waals surface area contributed by atoms with Crippen molar-refractivity contribution in [2.45, 2.75) is 13.8 Å². The maximum atomic E-state index is 5.93. The van der Waals surface area contributed by atoms with E-state index in [1.807, 2.05) is 25.3 Å².